The highest BCUT2D eigenvalue weighted by atomic mass is 16.5. The Kier molecular flexibility index (Phi) is 5.07. The van der Waals surface area contributed by atoms with Crippen molar-refractivity contribution in [1.82, 2.24) is 19.5 Å². The van der Waals surface area contributed by atoms with Crippen molar-refractivity contribution in [2.24, 2.45) is 0 Å². The number of aryl methyl sites for hydroxylation is 1. The molecule has 1 aromatic carbocycles. The molecule has 0 spiro atoms. The van der Waals surface area contributed by atoms with Crippen molar-refractivity contribution in [3.05, 3.63) is 40.4 Å². The molecule has 1 N–H and O–H groups in total. The Bertz CT molecular complexity index is 1070. The molecule has 2 heterocycles. The van der Waals surface area contributed by atoms with E-state index in [1.165, 1.54) is 17.5 Å². The zero-order valence-corrected chi connectivity index (χ0v) is 16.4. The van der Waals surface area contributed by atoms with E-state index in [0.29, 0.717) is 11.3 Å². The molecule has 0 aliphatic heterocycles. The fourth-order valence-corrected chi connectivity index (χ4v) is 4.16. The lowest BCUT2D eigenvalue weighted by atomic mass is 10.1. The second-order valence-electron chi connectivity index (χ2n) is 7.56. The third-order valence-corrected chi connectivity index (χ3v) is 5.56. The number of nitrogens with zero attached hydrogens (tertiary/aromatic N) is 3. The molecule has 1 aliphatic carbocycles. The summed E-state index contributed by atoms with van der Waals surface area (Å²) in [5.74, 6) is 1.25. The van der Waals surface area contributed by atoms with Crippen LogP contribution in [0.5, 0.6) is 5.75 Å². The van der Waals surface area contributed by atoms with Gasteiger partial charge in [0.05, 0.1) is 12.6 Å². The Labute approximate surface area is 163 Å². The van der Waals surface area contributed by atoms with Crippen LogP contribution in [-0.2, 0) is 11.3 Å². The summed E-state index contributed by atoms with van der Waals surface area (Å²) in [6.45, 7) is 1.79. The van der Waals surface area contributed by atoms with Gasteiger partial charge in [0, 0.05) is 11.4 Å². The Balaban J connectivity index is 1.64. The third-order valence-electron chi connectivity index (χ3n) is 5.56. The maximum absolute atomic E-state index is 13.0. The summed E-state index contributed by atoms with van der Waals surface area (Å²) in [6, 6.07) is 7.70. The number of methoxy groups -OCH3 is 1. The molecule has 2 aromatic heterocycles. The van der Waals surface area contributed by atoms with Gasteiger partial charge in [0.2, 0.25) is 5.91 Å². The topological polar surface area (TPSA) is 77.6 Å². The van der Waals surface area contributed by atoms with Gasteiger partial charge in [0.15, 0.2) is 0 Å². The molecule has 3 aromatic rings. The maximum Gasteiger partial charge on any atom is 0.291 e. The number of carbonyl (C=O) groups is 1. The lowest BCUT2D eigenvalue weighted by molar-refractivity contribution is -0.122. The van der Waals surface area contributed by atoms with Crippen LogP contribution in [-0.4, -0.2) is 33.2 Å². The highest BCUT2D eigenvalue weighted by Gasteiger charge is 2.18. The number of aromatic nitrogens is 3. The molecule has 0 unspecified atom stereocenters. The monoisotopic (exact) mass is 382 g/mol. The first kappa shape index (κ1) is 18.5. The van der Waals surface area contributed by atoms with Crippen molar-refractivity contribution in [3.63, 3.8) is 0 Å². The van der Waals surface area contributed by atoms with Crippen LogP contribution in [0.1, 0.15) is 44.3 Å². The third kappa shape index (κ3) is 3.48. The second kappa shape index (κ2) is 7.66. The van der Waals surface area contributed by atoms with Gasteiger partial charge in [-0.2, -0.15) is 5.10 Å². The van der Waals surface area contributed by atoms with Gasteiger partial charge >= 0.3 is 0 Å². The minimum Gasteiger partial charge on any atom is -0.497 e. The van der Waals surface area contributed by atoms with Crippen molar-refractivity contribution in [3.8, 4) is 5.75 Å². The van der Waals surface area contributed by atoms with Crippen LogP contribution < -0.4 is 15.6 Å². The molecule has 1 saturated carbocycles. The molecule has 148 valence electrons. The van der Waals surface area contributed by atoms with Gasteiger partial charge in [0.25, 0.3) is 5.56 Å². The number of rotatable bonds is 4. The number of fused-ring (bicyclic) bond motifs is 3. The van der Waals surface area contributed by atoms with E-state index in [4.69, 9.17) is 4.74 Å². The van der Waals surface area contributed by atoms with Gasteiger partial charge in [-0.1, -0.05) is 25.7 Å². The summed E-state index contributed by atoms with van der Waals surface area (Å²) in [6.07, 6.45) is 6.78. The van der Waals surface area contributed by atoms with Crippen LogP contribution in [0.3, 0.4) is 0 Å². The fourth-order valence-electron chi connectivity index (χ4n) is 4.16. The van der Waals surface area contributed by atoms with Crippen molar-refractivity contribution in [1.29, 1.82) is 0 Å². The second-order valence-corrected chi connectivity index (χ2v) is 7.56. The summed E-state index contributed by atoms with van der Waals surface area (Å²) in [5.41, 5.74) is 1.14. The van der Waals surface area contributed by atoms with E-state index < -0.39 is 0 Å². The molecule has 1 amide bonds. The zero-order valence-electron chi connectivity index (χ0n) is 16.4. The van der Waals surface area contributed by atoms with Crippen LogP contribution in [0.2, 0.25) is 0 Å². The maximum atomic E-state index is 13.0. The Morgan fingerprint density at radius 2 is 1.93 bits per heavy atom. The molecule has 0 radical (unpaired) electrons. The number of benzene rings is 1. The summed E-state index contributed by atoms with van der Waals surface area (Å²) in [4.78, 5) is 25.5. The molecule has 1 aliphatic rings. The van der Waals surface area contributed by atoms with Crippen LogP contribution in [0.15, 0.2) is 29.1 Å². The molecule has 28 heavy (non-hydrogen) atoms. The molecule has 0 saturated heterocycles. The lowest BCUT2D eigenvalue weighted by Gasteiger charge is -2.16. The van der Waals surface area contributed by atoms with E-state index in [0.717, 1.165) is 42.3 Å². The number of nitrogens with one attached hydrogen (secondary N) is 1. The predicted molar refractivity (Wildman–Crippen MR) is 108 cm³/mol. The number of ether oxygens (including phenoxy) is 1. The first-order valence-corrected chi connectivity index (χ1v) is 9.93. The van der Waals surface area contributed by atoms with Crippen LogP contribution in [0, 0.1) is 6.92 Å². The number of carbonyl (C=O) groups excluding carboxylic acids is 1. The molecule has 7 nitrogen and oxygen atoms in total. The number of hydrogen-bond acceptors (Lipinski definition) is 4. The summed E-state index contributed by atoms with van der Waals surface area (Å²) in [5, 5.41) is 8.38. The van der Waals surface area contributed by atoms with E-state index in [1.54, 1.807) is 7.11 Å². The average Bonchev–Trinajstić information content (AvgIpc) is 2.88. The lowest BCUT2D eigenvalue weighted by Crippen LogP contribution is -2.39. The van der Waals surface area contributed by atoms with Gasteiger partial charge in [-0.15, -0.1) is 0 Å². The van der Waals surface area contributed by atoms with Crippen LogP contribution in [0.25, 0.3) is 16.4 Å². The van der Waals surface area contributed by atoms with Crippen molar-refractivity contribution in [2.75, 3.05) is 7.11 Å². The zero-order chi connectivity index (χ0) is 19.7. The van der Waals surface area contributed by atoms with E-state index in [-0.39, 0.29) is 24.1 Å². The standard InChI is InChI=1S/C21H26N4O3/c1-14-23-24(13-20(26)22-16-7-5-3-4-6-8-16)21(27)19-12-15-11-17(28-2)9-10-18(15)25(14)19/h9-12,16H,3-8,13H2,1-2H3,(H,22,26). The van der Waals surface area contributed by atoms with Gasteiger partial charge in [-0.3, -0.25) is 14.0 Å². The first-order chi connectivity index (χ1) is 13.6. The van der Waals surface area contributed by atoms with E-state index in [9.17, 15) is 9.59 Å². The Morgan fingerprint density at radius 1 is 1.18 bits per heavy atom. The van der Waals surface area contributed by atoms with Crippen molar-refractivity contribution >= 4 is 22.3 Å². The molecule has 0 atom stereocenters. The van der Waals surface area contributed by atoms with E-state index in [2.05, 4.69) is 10.4 Å². The SMILES string of the molecule is COc1ccc2c(c1)cc1c(=O)n(CC(=O)NC3CCCCCC3)nc(C)n12. The summed E-state index contributed by atoms with van der Waals surface area (Å²) in [7, 11) is 1.61. The highest BCUT2D eigenvalue weighted by Crippen LogP contribution is 2.24. The normalized spacial score (nSPS) is 15.6. The molecule has 0 bridgehead atoms. The largest absolute Gasteiger partial charge is 0.497 e. The average molecular weight is 382 g/mol. The minimum atomic E-state index is -0.267. The first-order valence-electron chi connectivity index (χ1n) is 9.93. The predicted octanol–water partition coefficient (Wildman–Crippen LogP) is 2.81. The van der Waals surface area contributed by atoms with Gasteiger partial charge < -0.3 is 10.1 Å². The number of amides is 1. The summed E-state index contributed by atoms with van der Waals surface area (Å²) < 4.78 is 8.38. The van der Waals surface area contributed by atoms with Crippen molar-refractivity contribution in [2.45, 2.75) is 58.0 Å². The Morgan fingerprint density at radius 3 is 2.64 bits per heavy atom. The molecule has 1 fully saturated rings. The van der Waals surface area contributed by atoms with Crippen LogP contribution in [0.4, 0.5) is 0 Å². The molecular weight excluding hydrogens is 356 g/mol. The molecule has 7 heteroatoms. The van der Waals surface area contributed by atoms with E-state index in [1.807, 2.05) is 35.6 Å². The van der Waals surface area contributed by atoms with Gasteiger partial charge in [-0.25, -0.2) is 4.68 Å². The smallest absolute Gasteiger partial charge is 0.291 e. The van der Waals surface area contributed by atoms with Gasteiger partial charge in [-0.05, 0) is 44.0 Å². The van der Waals surface area contributed by atoms with Crippen molar-refractivity contribution < 1.29 is 9.53 Å². The minimum absolute atomic E-state index is 0.0580. The highest BCUT2D eigenvalue weighted by molar-refractivity contribution is 5.88. The molecular formula is C21H26N4O3. The number of hydrogen-bond donors (Lipinski definition) is 1. The summed E-state index contributed by atoms with van der Waals surface area (Å²) >= 11 is 0. The van der Waals surface area contributed by atoms with Crippen LogP contribution >= 0.6 is 0 Å². The molecule has 4 rings (SSSR count). The Hall–Kier alpha value is -2.83. The quantitative estimate of drug-likeness (QED) is 0.704. The van der Waals surface area contributed by atoms with E-state index >= 15 is 0 Å². The fraction of sp³-hybridized carbons (Fsp3) is 0.476. The van der Waals surface area contributed by atoms with Gasteiger partial charge in [0.1, 0.15) is 23.6 Å².